The van der Waals surface area contributed by atoms with Crippen molar-refractivity contribution in [1.82, 2.24) is 20.2 Å². The average Bonchev–Trinajstić information content (AvgIpc) is 3.55. The van der Waals surface area contributed by atoms with Gasteiger partial charge >= 0.3 is 12.4 Å². The Kier molecular flexibility index (Phi) is 6.10. The van der Waals surface area contributed by atoms with Crippen LogP contribution in [0.4, 0.5) is 23.8 Å². The number of aryl methyl sites for hydroxylation is 1. The minimum atomic E-state index is -4.76. The maximum Gasteiger partial charge on any atom is 0.573 e. The second kappa shape index (κ2) is 9.12. The number of aromatic nitrogens is 3. The van der Waals surface area contributed by atoms with Gasteiger partial charge in [0.25, 0.3) is 5.89 Å². The van der Waals surface area contributed by atoms with Gasteiger partial charge in [0.1, 0.15) is 5.75 Å². The van der Waals surface area contributed by atoms with Crippen molar-refractivity contribution in [2.75, 3.05) is 25.0 Å². The predicted octanol–water partition coefficient (Wildman–Crippen LogP) is 4.81. The summed E-state index contributed by atoms with van der Waals surface area (Å²) in [6.45, 7) is 5.10. The first-order chi connectivity index (χ1) is 17.1. The van der Waals surface area contributed by atoms with E-state index in [9.17, 15) is 18.0 Å². The maximum absolute atomic E-state index is 12.6. The van der Waals surface area contributed by atoms with Gasteiger partial charge in [-0.1, -0.05) is 10.3 Å². The fourth-order valence-electron chi connectivity index (χ4n) is 4.50. The number of nitrogens with one attached hydrogen (secondary N) is 1. The summed E-state index contributed by atoms with van der Waals surface area (Å²) in [6, 6.07) is 4.98. The molecule has 5 rings (SSSR count). The molecule has 2 fully saturated rings. The molecule has 1 spiro atoms. The van der Waals surface area contributed by atoms with Crippen LogP contribution >= 0.6 is 0 Å². The molecule has 10 nitrogen and oxygen atoms in total. The lowest BCUT2D eigenvalue weighted by atomic mass is 9.85. The Balaban J connectivity index is 1.17. The van der Waals surface area contributed by atoms with Crippen molar-refractivity contribution in [3.05, 3.63) is 41.3 Å². The highest BCUT2D eigenvalue weighted by molar-refractivity contribution is 5.88. The number of halogens is 3. The van der Waals surface area contributed by atoms with Gasteiger partial charge in [-0.15, -0.1) is 13.2 Å². The van der Waals surface area contributed by atoms with Gasteiger partial charge in [0.15, 0.2) is 5.82 Å². The molecule has 13 heteroatoms. The highest BCUT2D eigenvalue weighted by Crippen LogP contribution is 2.42. The standard InChI is InChI=1S/C23H24F3N5O5/c1-13-14(2)29-35-19(13)28-21(32)31-9-7-22(8-10-31)11-16(12-33-22)18-27-20(36-30-18)15-3-5-17(6-4-15)34-23(24,25)26/h3-6,16H,7-12H2,1-2H3,(H,28,32). The molecule has 1 N–H and O–H groups in total. The van der Waals surface area contributed by atoms with Crippen molar-refractivity contribution in [1.29, 1.82) is 0 Å². The van der Waals surface area contributed by atoms with Gasteiger partial charge < -0.3 is 23.4 Å². The molecule has 0 bridgehead atoms. The molecule has 2 amide bonds. The number of nitrogens with zero attached hydrogens (tertiary/aromatic N) is 4. The fourth-order valence-corrected chi connectivity index (χ4v) is 4.50. The number of hydrogen-bond acceptors (Lipinski definition) is 8. The summed E-state index contributed by atoms with van der Waals surface area (Å²) in [4.78, 5) is 18.8. The van der Waals surface area contributed by atoms with Crippen LogP contribution in [0.3, 0.4) is 0 Å². The Morgan fingerprint density at radius 2 is 1.86 bits per heavy atom. The third kappa shape index (κ3) is 5.01. The zero-order valence-electron chi connectivity index (χ0n) is 19.6. The number of hydrogen-bond donors (Lipinski definition) is 1. The van der Waals surface area contributed by atoms with Gasteiger partial charge in [-0.05, 0) is 57.4 Å². The molecule has 36 heavy (non-hydrogen) atoms. The van der Waals surface area contributed by atoms with Crippen molar-refractivity contribution in [2.45, 2.75) is 51.0 Å². The van der Waals surface area contributed by atoms with E-state index in [1.807, 2.05) is 13.8 Å². The molecule has 2 aliphatic rings. The molecule has 1 unspecified atom stereocenters. The zero-order chi connectivity index (χ0) is 25.5. The minimum absolute atomic E-state index is 0.0875. The summed E-state index contributed by atoms with van der Waals surface area (Å²) < 4.78 is 57.6. The van der Waals surface area contributed by atoms with E-state index >= 15 is 0 Å². The highest BCUT2D eigenvalue weighted by Gasteiger charge is 2.45. The normalized spacial score (nSPS) is 19.6. The van der Waals surface area contributed by atoms with Crippen LogP contribution in [-0.2, 0) is 4.74 Å². The van der Waals surface area contributed by atoms with Crippen LogP contribution in [-0.4, -0.2) is 57.9 Å². The van der Waals surface area contributed by atoms with Crippen molar-refractivity contribution in [3.63, 3.8) is 0 Å². The second-order valence-corrected chi connectivity index (χ2v) is 9.06. The van der Waals surface area contributed by atoms with Crippen LogP contribution in [0.2, 0.25) is 0 Å². The highest BCUT2D eigenvalue weighted by atomic mass is 19.4. The van der Waals surface area contributed by atoms with E-state index in [4.69, 9.17) is 13.8 Å². The molecular weight excluding hydrogens is 483 g/mol. The molecule has 2 aliphatic heterocycles. The smallest absolute Gasteiger partial charge is 0.406 e. The summed E-state index contributed by atoms with van der Waals surface area (Å²) in [5, 5.41) is 10.7. The monoisotopic (exact) mass is 507 g/mol. The van der Waals surface area contributed by atoms with Gasteiger partial charge in [-0.2, -0.15) is 4.98 Å². The number of urea groups is 1. The number of rotatable bonds is 4. The largest absolute Gasteiger partial charge is 0.573 e. The van der Waals surface area contributed by atoms with E-state index in [-0.39, 0.29) is 29.2 Å². The first kappa shape index (κ1) is 24.1. The Morgan fingerprint density at radius 3 is 2.50 bits per heavy atom. The van der Waals surface area contributed by atoms with Crippen LogP contribution in [0, 0.1) is 13.8 Å². The Morgan fingerprint density at radius 1 is 1.14 bits per heavy atom. The number of piperidine rings is 1. The lowest BCUT2D eigenvalue weighted by Gasteiger charge is -2.38. The molecule has 0 saturated carbocycles. The number of carbonyl (C=O) groups excluding carboxylic acids is 1. The third-order valence-corrected chi connectivity index (χ3v) is 6.69. The van der Waals surface area contributed by atoms with Gasteiger partial charge in [-0.25, -0.2) is 4.79 Å². The molecule has 1 atom stereocenters. The molecule has 3 aromatic rings. The number of benzene rings is 1. The van der Waals surface area contributed by atoms with Crippen molar-refractivity contribution >= 4 is 11.9 Å². The minimum Gasteiger partial charge on any atom is -0.406 e. The van der Waals surface area contributed by atoms with Crippen molar-refractivity contribution < 1.29 is 36.5 Å². The predicted molar refractivity (Wildman–Crippen MR) is 118 cm³/mol. The average molecular weight is 507 g/mol. The lowest BCUT2D eigenvalue weighted by Crippen LogP contribution is -2.47. The number of alkyl halides is 3. The number of ether oxygens (including phenoxy) is 2. The van der Waals surface area contributed by atoms with E-state index < -0.39 is 6.36 Å². The van der Waals surface area contributed by atoms with E-state index in [0.717, 1.165) is 11.3 Å². The Hall–Kier alpha value is -3.61. The van der Waals surface area contributed by atoms with Gasteiger partial charge in [0.05, 0.1) is 17.9 Å². The summed E-state index contributed by atoms with van der Waals surface area (Å²) in [5.74, 6) is 0.618. The van der Waals surface area contributed by atoms with E-state index in [2.05, 4.69) is 25.4 Å². The quantitative estimate of drug-likeness (QED) is 0.535. The zero-order valence-corrected chi connectivity index (χ0v) is 19.6. The first-order valence-electron chi connectivity index (χ1n) is 11.4. The van der Waals surface area contributed by atoms with Crippen molar-refractivity contribution in [2.24, 2.45) is 0 Å². The number of carbonyl (C=O) groups is 1. The van der Waals surface area contributed by atoms with Gasteiger partial charge in [0.2, 0.25) is 5.88 Å². The number of amides is 2. The molecular formula is C23H24F3N5O5. The summed E-state index contributed by atoms with van der Waals surface area (Å²) in [6.07, 6.45) is -2.75. The van der Waals surface area contributed by atoms with Crippen LogP contribution in [0.25, 0.3) is 11.5 Å². The molecule has 2 aromatic heterocycles. The third-order valence-electron chi connectivity index (χ3n) is 6.69. The second-order valence-electron chi connectivity index (χ2n) is 9.06. The molecule has 0 radical (unpaired) electrons. The van der Waals surface area contributed by atoms with E-state index in [1.165, 1.54) is 24.3 Å². The van der Waals surface area contributed by atoms with Crippen LogP contribution in [0.15, 0.2) is 33.3 Å². The van der Waals surface area contributed by atoms with E-state index in [1.54, 1.807) is 4.90 Å². The fraction of sp³-hybridized carbons (Fsp3) is 0.478. The Bertz CT molecular complexity index is 1230. The molecule has 1 aromatic carbocycles. The van der Waals surface area contributed by atoms with Gasteiger partial charge in [-0.3, -0.25) is 5.32 Å². The summed E-state index contributed by atoms with van der Waals surface area (Å²) in [7, 11) is 0. The maximum atomic E-state index is 12.6. The summed E-state index contributed by atoms with van der Waals surface area (Å²) in [5.41, 5.74) is 1.63. The van der Waals surface area contributed by atoms with Crippen LogP contribution in [0.1, 0.15) is 42.3 Å². The Labute approximate surface area is 203 Å². The van der Waals surface area contributed by atoms with Crippen molar-refractivity contribution in [3.8, 4) is 17.2 Å². The lowest BCUT2D eigenvalue weighted by molar-refractivity contribution is -0.274. The van der Waals surface area contributed by atoms with Gasteiger partial charge in [0, 0.05) is 30.1 Å². The topological polar surface area (TPSA) is 116 Å². The SMILES string of the molecule is Cc1noc(NC(=O)N2CCC3(CC2)CC(c2noc(-c4ccc(OC(F)(F)F)cc4)n2)CO3)c1C. The molecule has 0 aliphatic carbocycles. The first-order valence-corrected chi connectivity index (χ1v) is 11.4. The van der Waals surface area contributed by atoms with Crippen LogP contribution in [0.5, 0.6) is 5.75 Å². The number of likely N-dealkylation sites (tertiary alicyclic amines) is 1. The van der Waals surface area contributed by atoms with E-state index in [0.29, 0.717) is 56.2 Å². The molecule has 2 saturated heterocycles. The van der Waals surface area contributed by atoms with Crippen LogP contribution < -0.4 is 10.1 Å². The number of anilines is 1. The molecule has 4 heterocycles. The molecule has 192 valence electrons. The summed E-state index contributed by atoms with van der Waals surface area (Å²) >= 11 is 0.